The van der Waals surface area contributed by atoms with Gasteiger partial charge in [-0.1, -0.05) is 11.3 Å². The van der Waals surface area contributed by atoms with E-state index in [0.717, 1.165) is 6.20 Å². The van der Waals surface area contributed by atoms with E-state index in [9.17, 15) is 12.8 Å². The van der Waals surface area contributed by atoms with Crippen molar-refractivity contribution >= 4 is 32.6 Å². The average Bonchev–Trinajstić information content (AvgIpc) is 2.97. The van der Waals surface area contributed by atoms with Gasteiger partial charge in [0, 0.05) is 26.2 Å². The zero-order valence-corrected chi connectivity index (χ0v) is 16.0. The Morgan fingerprint density at radius 1 is 1.35 bits per heavy atom. The number of anilines is 2. The van der Waals surface area contributed by atoms with Gasteiger partial charge in [-0.25, -0.2) is 24.5 Å². The number of nitrogens with zero attached hydrogens (tertiary/aromatic N) is 4. The second kappa shape index (κ2) is 7.39. The first-order valence-corrected chi connectivity index (χ1v) is 10.3. The molecule has 1 aliphatic heterocycles. The predicted octanol–water partition coefficient (Wildman–Crippen LogP) is 1.17. The molecule has 1 saturated heterocycles. The molecule has 1 fully saturated rings. The van der Waals surface area contributed by atoms with Crippen LogP contribution in [-0.2, 0) is 10.2 Å². The summed E-state index contributed by atoms with van der Waals surface area (Å²) in [6.45, 7) is 2.44. The van der Waals surface area contributed by atoms with E-state index in [1.54, 1.807) is 14.0 Å². The van der Waals surface area contributed by atoms with Crippen LogP contribution in [0.2, 0.25) is 0 Å². The summed E-state index contributed by atoms with van der Waals surface area (Å²) in [5.41, 5.74) is 0.880. The molecule has 0 aliphatic carbocycles. The fourth-order valence-corrected chi connectivity index (χ4v) is 4.39. The highest BCUT2D eigenvalue weighted by molar-refractivity contribution is 7.86. The van der Waals surface area contributed by atoms with Gasteiger partial charge in [-0.3, -0.25) is 0 Å². The van der Waals surface area contributed by atoms with Crippen molar-refractivity contribution in [2.75, 3.05) is 30.8 Å². The largest absolute Gasteiger partial charge is 0.365 e. The van der Waals surface area contributed by atoms with Crippen molar-refractivity contribution in [3.8, 4) is 10.6 Å². The molecule has 4 N–H and O–H groups in total. The number of hydrogen-bond acceptors (Lipinski definition) is 8. The molecule has 2 aromatic heterocycles. The maximum absolute atomic E-state index is 14.2. The lowest BCUT2D eigenvalue weighted by Crippen LogP contribution is -2.45. The van der Waals surface area contributed by atoms with Crippen LogP contribution in [0.3, 0.4) is 0 Å². The molecule has 0 saturated carbocycles. The van der Waals surface area contributed by atoms with Gasteiger partial charge in [-0.05, 0) is 19.8 Å². The van der Waals surface area contributed by atoms with Crippen molar-refractivity contribution in [2.45, 2.75) is 25.8 Å². The summed E-state index contributed by atoms with van der Waals surface area (Å²) in [6.07, 6.45) is 2.26. The standard InChI is InChI=1S/C14H20FN7O2S2/c1-8-12(25-14(17-2)19-8)11-10(15)7-18-13(21-11)20-9-3-5-22(6-4-9)26(16,23)24/h7,9H,3-6H2,1-2H3,(H,17,19)(H2,16,23,24)(H,18,20,21). The zero-order valence-electron chi connectivity index (χ0n) is 14.4. The Bertz CT molecular complexity index is 895. The van der Waals surface area contributed by atoms with Crippen molar-refractivity contribution in [1.82, 2.24) is 19.3 Å². The van der Waals surface area contributed by atoms with Crippen molar-refractivity contribution < 1.29 is 12.8 Å². The Morgan fingerprint density at radius 2 is 2.04 bits per heavy atom. The molecule has 0 aromatic carbocycles. The highest BCUT2D eigenvalue weighted by atomic mass is 32.2. The quantitative estimate of drug-likeness (QED) is 0.686. The molecule has 0 amide bonds. The number of hydrogen-bond donors (Lipinski definition) is 3. The Labute approximate surface area is 155 Å². The van der Waals surface area contributed by atoms with Crippen molar-refractivity contribution in [2.24, 2.45) is 5.14 Å². The number of halogens is 1. The van der Waals surface area contributed by atoms with Crippen molar-refractivity contribution in [3.05, 3.63) is 17.7 Å². The second-order valence-electron chi connectivity index (χ2n) is 5.94. The van der Waals surface area contributed by atoms with Crippen LogP contribution in [0.25, 0.3) is 10.6 Å². The summed E-state index contributed by atoms with van der Waals surface area (Å²) >= 11 is 1.32. The van der Waals surface area contributed by atoms with Crippen LogP contribution in [0, 0.1) is 12.7 Å². The van der Waals surface area contributed by atoms with Gasteiger partial charge in [0.15, 0.2) is 10.9 Å². The van der Waals surface area contributed by atoms with E-state index in [1.807, 2.05) is 0 Å². The Balaban J connectivity index is 1.75. The molecular weight excluding hydrogens is 381 g/mol. The van der Waals surface area contributed by atoms with Crippen LogP contribution in [0.4, 0.5) is 15.5 Å². The average molecular weight is 401 g/mol. The molecule has 0 bridgehead atoms. The summed E-state index contributed by atoms with van der Waals surface area (Å²) in [4.78, 5) is 13.2. The van der Waals surface area contributed by atoms with Gasteiger partial charge in [0.05, 0.1) is 16.8 Å². The molecule has 12 heteroatoms. The third-order valence-corrected chi connectivity index (χ3v) is 6.38. The van der Waals surface area contributed by atoms with Gasteiger partial charge in [-0.15, -0.1) is 0 Å². The number of aryl methyl sites for hydroxylation is 1. The molecule has 0 radical (unpaired) electrons. The number of rotatable bonds is 5. The molecule has 3 rings (SSSR count). The van der Waals surface area contributed by atoms with E-state index >= 15 is 0 Å². The van der Waals surface area contributed by atoms with E-state index in [4.69, 9.17) is 5.14 Å². The highest BCUT2D eigenvalue weighted by Gasteiger charge is 2.26. The molecule has 0 atom stereocenters. The van der Waals surface area contributed by atoms with E-state index < -0.39 is 16.0 Å². The van der Waals surface area contributed by atoms with E-state index in [1.165, 1.54) is 15.6 Å². The van der Waals surface area contributed by atoms with Gasteiger partial charge in [-0.2, -0.15) is 12.7 Å². The molecule has 3 heterocycles. The molecule has 142 valence electrons. The third kappa shape index (κ3) is 4.09. The smallest absolute Gasteiger partial charge is 0.276 e. The topological polar surface area (TPSA) is 126 Å². The summed E-state index contributed by atoms with van der Waals surface area (Å²) < 4.78 is 38.2. The summed E-state index contributed by atoms with van der Waals surface area (Å²) in [7, 11) is -1.91. The summed E-state index contributed by atoms with van der Waals surface area (Å²) in [6, 6.07) is -0.0123. The first-order valence-electron chi connectivity index (χ1n) is 8.00. The normalized spacial score (nSPS) is 16.6. The lowest BCUT2D eigenvalue weighted by molar-refractivity contribution is 0.329. The molecule has 0 unspecified atom stereocenters. The van der Waals surface area contributed by atoms with Gasteiger partial charge >= 0.3 is 0 Å². The molecule has 26 heavy (non-hydrogen) atoms. The van der Waals surface area contributed by atoms with Crippen LogP contribution in [-0.4, -0.2) is 53.9 Å². The first kappa shape index (κ1) is 18.9. The highest BCUT2D eigenvalue weighted by Crippen LogP contribution is 2.33. The van der Waals surface area contributed by atoms with Gasteiger partial charge in [0.1, 0.15) is 5.69 Å². The SMILES string of the molecule is CNc1nc(C)c(-c2nc(NC3CCN(S(N)(=O)=O)CC3)ncc2F)s1. The molecule has 9 nitrogen and oxygen atoms in total. The number of piperidine rings is 1. The minimum atomic E-state index is -3.66. The summed E-state index contributed by atoms with van der Waals surface area (Å²) in [5.74, 6) is -0.219. The third-order valence-electron chi connectivity index (χ3n) is 4.12. The monoisotopic (exact) mass is 401 g/mol. The molecule has 2 aromatic rings. The van der Waals surface area contributed by atoms with Gasteiger partial charge in [0.25, 0.3) is 10.2 Å². The van der Waals surface area contributed by atoms with Crippen LogP contribution in [0.5, 0.6) is 0 Å². The second-order valence-corrected chi connectivity index (χ2v) is 8.48. The molecular formula is C14H20FN7O2S2. The molecule has 0 spiro atoms. The Morgan fingerprint density at radius 3 is 2.62 bits per heavy atom. The number of thiazole rings is 1. The lowest BCUT2D eigenvalue weighted by Gasteiger charge is -2.30. The van der Waals surface area contributed by atoms with Gasteiger partial charge in [0.2, 0.25) is 5.95 Å². The van der Waals surface area contributed by atoms with Crippen LogP contribution >= 0.6 is 11.3 Å². The Kier molecular flexibility index (Phi) is 5.37. The predicted molar refractivity (Wildman–Crippen MR) is 98.7 cm³/mol. The first-order chi connectivity index (χ1) is 12.3. The fourth-order valence-electron chi connectivity index (χ4n) is 2.76. The maximum atomic E-state index is 14.2. The summed E-state index contributed by atoms with van der Waals surface area (Å²) in [5, 5.41) is 11.9. The lowest BCUT2D eigenvalue weighted by atomic mass is 10.1. The van der Waals surface area contributed by atoms with Crippen molar-refractivity contribution in [3.63, 3.8) is 0 Å². The minimum Gasteiger partial charge on any atom is -0.365 e. The van der Waals surface area contributed by atoms with E-state index in [0.29, 0.717) is 47.6 Å². The number of nitrogens with one attached hydrogen (secondary N) is 2. The fraction of sp³-hybridized carbons (Fsp3) is 0.500. The van der Waals surface area contributed by atoms with E-state index in [-0.39, 0.29) is 11.7 Å². The van der Waals surface area contributed by atoms with E-state index in [2.05, 4.69) is 25.6 Å². The van der Waals surface area contributed by atoms with Crippen LogP contribution in [0.1, 0.15) is 18.5 Å². The van der Waals surface area contributed by atoms with Gasteiger partial charge < -0.3 is 10.6 Å². The van der Waals surface area contributed by atoms with Crippen LogP contribution in [0.15, 0.2) is 6.20 Å². The number of nitrogens with two attached hydrogens (primary N) is 1. The Hall–Kier alpha value is -1.89. The number of aromatic nitrogens is 3. The maximum Gasteiger partial charge on any atom is 0.276 e. The molecule has 1 aliphatic rings. The minimum absolute atomic E-state index is 0.0123. The zero-order chi connectivity index (χ0) is 18.9. The van der Waals surface area contributed by atoms with Crippen molar-refractivity contribution in [1.29, 1.82) is 0 Å². The van der Waals surface area contributed by atoms with Crippen LogP contribution < -0.4 is 15.8 Å².